The van der Waals surface area contributed by atoms with E-state index in [0.29, 0.717) is 25.7 Å². The van der Waals surface area contributed by atoms with Crippen LogP contribution < -0.4 is 0 Å². The Morgan fingerprint density at radius 3 is 1.69 bits per heavy atom. The van der Waals surface area contributed by atoms with E-state index in [4.69, 9.17) is 10.2 Å². The summed E-state index contributed by atoms with van der Waals surface area (Å²) in [5.41, 5.74) is 0. The first kappa shape index (κ1) is 12.2. The molecular weight excluding hydrogens is 196 g/mol. The maximum absolute atomic E-state index is 10.5. The van der Waals surface area contributed by atoms with Crippen LogP contribution in [0.25, 0.3) is 0 Å². The summed E-state index contributed by atoms with van der Waals surface area (Å²) in [5, 5.41) is 17.3. The molecule has 0 aromatic rings. The maximum Gasteiger partial charge on any atom is 0.306 e. The monoisotopic (exact) mass is 208 g/mol. The SMILES string of the molecule is Cl.O=C(O)C1CCCC(C(=O)O)C1. The molecule has 0 heterocycles. The molecule has 0 spiro atoms. The molecule has 5 heteroatoms. The smallest absolute Gasteiger partial charge is 0.306 e. The molecule has 2 unspecified atom stereocenters. The molecule has 0 amide bonds. The second-order valence-electron chi connectivity index (χ2n) is 3.24. The molecule has 1 rings (SSSR count). The molecule has 0 aromatic carbocycles. The Bertz CT molecular complexity index is 184. The lowest BCUT2D eigenvalue weighted by molar-refractivity contribution is -0.147. The summed E-state index contributed by atoms with van der Waals surface area (Å²) >= 11 is 0. The highest BCUT2D eigenvalue weighted by molar-refractivity contribution is 5.85. The molecular formula is C8H13ClO4. The van der Waals surface area contributed by atoms with Gasteiger partial charge in [-0.3, -0.25) is 9.59 Å². The number of rotatable bonds is 2. The van der Waals surface area contributed by atoms with Crippen molar-refractivity contribution in [1.82, 2.24) is 0 Å². The van der Waals surface area contributed by atoms with Gasteiger partial charge in [0, 0.05) is 0 Å². The van der Waals surface area contributed by atoms with E-state index in [2.05, 4.69) is 0 Å². The fourth-order valence-electron chi connectivity index (χ4n) is 1.64. The van der Waals surface area contributed by atoms with Crippen molar-refractivity contribution in [3.05, 3.63) is 0 Å². The van der Waals surface area contributed by atoms with Gasteiger partial charge < -0.3 is 10.2 Å². The van der Waals surface area contributed by atoms with Crippen LogP contribution in [0.5, 0.6) is 0 Å². The van der Waals surface area contributed by atoms with Crippen LogP contribution in [0, 0.1) is 11.8 Å². The van der Waals surface area contributed by atoms with E-state index in [-0.39, 0.29) is 12.4 Å². The van der Waals surface area contributed by atoms with Crippen molar-refractivity contribution in [3.8, 4) is 0 Å². The summed E-state index contributed by atoms with van der Waals surface area (Å²) in [7, 11) is 0. The Morgan fingerprint density at radius 1 is 1.00 bits per heavy atom. The number of carboxylic acid groups (broad SMARTS) is 2. The number of hydrogen-bond acceptors (Lipinski definition) is 2. The zero-order valence-electron chi connectivity index (χ0n) is 7.10. The van der Waals surface area contributed by atoms with Crippen molar-refractivity contribution in [3.63, 3.8) is 0 Å². The van der Waals surface area contributed by atoms with Gasteiger partial charge in [-0.25, -0.2) is 0 Å². The summed E-state index contributed by atoms with van der Waals surface area (Å²) < 4.78 is 0. The van der Waals surface area contributed by atoms with Gasteiger partial charge in [-0.15, -0.1) is 12.4 Å². The highest BCUT2D eigenvalue weighted by Crippen LogP contribution is 2.29. The van der Waals surface area contributed by atoms with E-state index in [1.54, 1.807) is 0 Å². The van der Waals surface area contributed by atoms with Crippen LogP contribution >= 0.6 is 12.4 Å². The van der Waals surface area contributed by atoms with Crippen LogP contribution in [0.1, 0.15) is 25.7 Å². The van der Waals surface area contributed by atoms with Crippen molar-refractivity contribution >= 4 is 24.3 Å². The lowest BCUT2D eigenvalue weighted by atomic mass is 9.81. The van der Waals surface area contributed by atoms with E-state index in [1.807, 2.05) is 0 Å². The predicted molar refractivity (Wildman–Crippen MR) is 48.0 cm³/mol. The molecule has 1 aliphatic carbocycles. The summed E-state index contributed by atoms with van der Waals surface area (Å²) in [6.45, 7) is 0. The zero-order chi connectivity index (χ0) is 9.14. The van der Waals surface area contributed by atoms with E-state index >= 15 is 0 Å². The van der Waals surface area contributed by atoms with E-state index in [9.17, 15) is 9.59 Å². The van der Waals surface area contributed by atoms with Gasteiger partial charge in [-0.2, -0.15) is 0 Å². The Kier molecular flexibility index (Phi) is 4.77. The quantitative estimate of drug-likeness (QED) is 0.719. The number of carbonyl (C=O) groups is 2. The van der Waals surface area contributed by atoms with Crippen molar-refractivity contribution < 1.29 is 19.8 Å². The molecule has 0 aromatic heterocycles. The van der Waals surface area contributed by atoms with Crippen LogP contribution in [0.2, 0.25) is 0 Å². The molecule has 2 atom stereocenters. The van der Waals surface area contributed by atoms with Gasteiger partial charge in [0.1, 0.15) is 0 Å². The third-order valence-electron chi connectivity index (χ3n) is 2.37. The molecule has 1 aliphatic rings. The first-order valence-electron chi connectivity index (χ1n) is 4.07. The molecule has 0 bridgehead atoms. The normalized spacial score (nSPS) is 27.4. The number of carboxylic acids is 2. The molecule has 13 heavy (non-hydrogen) atoms. The average Bonchev–Trinajstić information content (AvgIpc) is 2.04. The minimum atomic E-state index is -0.860. The highest BCUT2D eigenvalue weighted by atomic mass is 35.5. The van der Waals surface area contributed by atoms with Gasteiger partial charge in [-0.05, 0) is 19.3 Å². The summed E-state index contributed by atoms with van der Waals surface area (Å²) in [6.07, 6.45) is 2.26. The Hall–Kier alpha value is -0.770. The second-order valence-corrected chi connectivity index (χ2v) is 3.24. The molecule has 0 radical (unpaired) electrons. The van der Waals surface area contributed by atoms with Crippen molar-refractivity contribution in [1.29, 1.82) is 0 Å². The summed E-state index contributed by atoms with van der Waals surface area (Å²) in [5.74, 6) is -2.61. The topological polar surface area (TPSA) is 74.6 Å². The Morgan fingerprint density at radius 2 is 1.38 bits per heavy atom. The minimum absolute atomic E-state index is 0. The largest absolute Gasteiger partial charge is 0.481 e. The lowest BCUT2D eigenvalue weighted by Gasteiger charge is -2.23. The number of halogens is 1. The molecule has 0 saturated heterocycles. The van der Waals surface area contributed by atoms with Gasteiger partial charge in [0.15, 0.2) is 0 Å². The fourth-order valence-corrected chi connectivity index (χ4v) is 1.64. The summed E-state index contributed by atoms with van der Waals surface area (Å²) in [4.78, 5) is 21.1. The van der Waals surface area contributed by atoms with Gasteiger partial charge in [0.2, 0.25) is 0 Å². The number of aliphatic carboxylic acids is 2. The van der Waals surface area contributed by atoms with Crippen LogP contribution in [0.15, 0.2) is 0 Å². The van der Waals surface area contributed by atoms with Gasteiger partial charge >= 0.3 is 11.9 Å². The highest BCUT2D eigenvalue weighted by Gasteiger charge is 2.30. The van der Waals surface area contributed by atoms with Gasteiger partial charge in [0.25, 0.3) is 0 Å². The van der Waals surface area contributed by atoms with Crippen molar-refractivity contribution in [2.24, 2.45) is 11.8 Å². The Balaban J connectivity index is 0.00000144. The summed E-state index contributed by atoms with van der Waals surface area (Å²) in [6, 6.07) is 0. The average molecular weight is 209 g/mol. The van der Waals surface area contributed by atoms with Gasteiger partial charge in [0.05, 0.1) is 11.8 Å². The molecule has 76 valence electrons. The molecule has 1 fully saturated rings. The van der Waals surface area contributed by atoms with Crippen LogP contribution in [-0.4, -0.2) is 22.2 Å². The zero-order valence-corrected chi connectivity index (χ0v) is 7.92. The molecule has 2 N–H and O–H groups in total. The van der Waals surface area contributed by atoms with Crippen LogP contribution in [0.3, 0.4) is 0 Å². The lowest BCUT2D eigenvalue weighted by Crippen LogP contribution is -2.26. The van der Waals surface area contributed by atoms with E-state index < -0.39 is 23.8 Å². The van der Waals surface area contributed by atoms with E-state index in [1.165, 1.54) is 0 Å². The third-order valence-corrected chi connectivity index (χ3v) is 2.37. The Labute approximate surface area is 82.4 Å². The fraction of sp³-hybridized carbons (Fsp3) is 0.750. The van der Waals surface area contributed by atoms with Gasteiger partial charge in [-0.1, -0.05) is 6.42 Å². The molecule has 0 aliphatic heterocycles. The first-order valence-corrected chi connectivity index (χ1v) is 4.07. The van der Waals surface area contributed by atoms with E-state index in [0.717, 1.165) is 0 Å². The molecule has 4 nitrogen and oxygen atoms in total. The van der Waals surface area contributed by atoms with Crippen LogP contribution in [-0.2, 0) is 9.59 Å². The second kappa shape index (κ2) is 5.07. The first-order chi connectivity index (χ1) is 5.61. The third kappa shape index (κ3) is 3.22. The number of hydrogen-bond donors (Lipinski definition) is 2. The standard InChI is InChI=1S/C8H12O4.ClH/c9-7(10)5-2-1-3-6(4-5)8(11)12;/h5-6H,1-4H2,(H,9,10)(H,11,12);1H. The molecule has 1 saturated carbocycles. The predicted octanol–water partition coefficient (Wildman–Crippen LogP) is 1.38. The van der Waals surface area contributed by atoms with Crippen molar-refractivity contribution in [2.45, 2.75) is 25.7 Å². The van der Waals surface area contributed by atoms with Crippen molar-refractivity contribution in [2.75, 3.05) is 0 Å². The van der Waals surface area contributed by atoms with Crippen LogP contribution in [0.4, 0.5) is 0 Å². The maximum atomic E-state index is 10.5. The minimum Gasteiger partial charge on any atom is -0.481 e.